The van der Waals surface area contributed by atoms with Gasteiger partial charge in [0.25, 0.3) is 5.91 Å². The summed E-state index contributed by atoms with van der Waals surface area (Å²) in [6, 6.07) is 8.56. The molecule has 3 rings (SSSR count). The highest BCUT2D eigenvalue weighted by molar-refractivity contribution is 6.03. The largest absolute Gasteiger partial charge is 0.497 e. The zero-order valence-corrected chi connectivity index (χ0v) is 14.1. The van der Waals surface area contributed by atoms with Crippen molar-refractivity contribution >= 4 is 17.2 Å². The molecular weight excluding hydrogens is 324 g/mol. The number of rotatable bonds is 6. The first kappa shape index (κ1) is 16.6. The minimum Gasteiger partial charge on any atom is -0.497 e. The fraction of sp³-hybridized carbons (Fsp3) is 0.235. The molecule has 0 bridgehead atoms. The summed E-state index contributed by atoms with van der Waals surface area (Å²) in [7, 11) is 3.09. The van der Waals surface area contributed by atoms with E-state index in [-0.39, 0.29) is 11.6 Å². The minimum atomic E-state index is -0.362. The molecule has 1 N–H and O–H groups in total. The van der Waals surface area contributed by atoms with Crippen LogP contribution in [0.4, 0.5) is 5.69 Å². The van der Waals surface area contributed by atoms with Gasteiger partial charge in [0.1, 0.15) is 17.2 Å². The number of imidazole rings is 1. The van der Waals surface area contributed by atoms with Crippen molar-refractivity contribution in [2.24, 2.45) is 0 Å². The first-order valence-electron chi connectivity index (χ1n) is 7.66. The third-order valence-electron chi connectivity index (χ3n) is 3.43. The lowest BCUT2D eigenvalue weighted by Crippen LogP contribution is -2.12. The highest BCUT2D eigenvalue weighted by atomic mass is 16.5. The predicted molar refractivity (Wildman–Crippen MR) is 91.7 cm³/mol. The average molecular weight is 342 g/mol. The van der Waals surface area contributed by atoms with Gasteiger partial charge < -0.3 is 19.5 Å². The first-order valence-corrected chi connectivity index (χ1v) is 7.66. The highest BCUT2D eigenvalue weighted by Crippen LogP contribution is 2.26. The van der Waals surface area contributed by atoms with Crippen molar-refractivity contribution in [2.45, 2.75) is 6.92 Å². The van der Waals surface area contributed by atoms with Gasteiger partial charge in [-0.1, -0.05) is 0 Å². The molecule has 0 aliphatic rings. The van der Waals surface area contributed by atoms with E-state index in [4.69, 9.17) is 14.2 Å². The van der Waals surface area contributed by atoms with Gasteiger partial charge in [0, 0.05) is 30.0 Å². The lowest BCUT2D eigenvalue weighted by Gasteiger charge is -2.08. The van der Waals surface area contributed by atoms with E-state index in [9.17, 15) is 4.79 Å². The number of carbonyl (C=O) groups excluding carboxylic acids is 1. The van der Waals surface area contributed by atoms with E-state index >= 15 is 0 Å². The Morgan fingerprint density at radius 2 is 1.88 bits per heavy atom. The molecule has 0 radical (unpaired) electrons. The van der Waals surface area contributed by atoms with Crippen molar-refractivity contribution < 1.29 is 19.0 Å². The van der Waals surface area contributed by atoms with Gasteiger partial charge in [0.05, 0.1) is 27.0 Å². The molecule has 0 atom stereocenters. The Morgan fingerprint density at radius 3 is 2.52 bits per heavy atom. The molecule has 2 heterocycles. The maximum absolute atomic E-state index is 12.5. The Balaban J connectivity index is 1.84. The molecule has 1 aromatic carbocycles. The van der Waals surface area contributed by atoms with E-state index in [2.05, 4.69) is 15.4 Å². The number of amides is 1. The monoisotopic (exact) mass is 342 g/mol. The quantitative estimate of drug-likeness (QED) is 0.740. The summed E-state index contributed by atoms with van der Waals surface area (Å²) in [6.07, 6.45) is 1.55. The third-order valence-corrected chi connectivity index (χ3v) is 3.43. The number of hydrogen-bond donors (Lipinski definition) is 1. The van der Waals surface area contributed by atoms with Crippen molar-refractivity contribution in [3.8, 4) is 17.4 Å². The maximum atomic E-state index is 12.5. The van der Waals surface area contributed by atoms with Crippen LogP contribution in [0, 0.1) is 0 Å². The van der Waals surface area contributed by atoms with Crippen molar-refractivity contribution in [3.63, 3.8) is 0 Å². The van der Waals surface area contributed by atoms with E-state index in [1.807, 2.05) is 6.92 Å². The van der Waals surface area contributed by atoms with Gasteiger partial charge in [0.2, 0.25) is 5.88 Å². The van der Waals surface area contributed by atoms with Crippen molar-refractivity contribution in [1.29, 1.82) is 0 Å². The molecule has 0 fully saturated rings. The summed E-state index contributed by atoms with van der Waals surface area (Å²) in [4.78, 5) is 16.7. The first-order chi connectivity index (χ1) is 12.1. The number of aromatic nitrogens is 3. The summed E-state index contributed by atoms with van der Waals surface area (Å²) < 4.78 is 17.2. The molecule has 0 spiro atoms. The molecule has 0 unspecified atom stereocenters. The van der Waals surface area contributed by atoms with Gasteiger partial charge in [-0.15, -0.1) is 5.10 Å². The molecule has 0 aliphatic carbocycles. The summed E-state index contributed by atoms with van der Waals surface area (Å²) in [5.74, 6) is 1.26. The van der Waals surface area contributed by atoms with Gasteiger partial charge in [-0.3, -0.25) is 4.79 Å². The number of carbonyl (C=O) groups is 1. The summed E-state index contributed by atoms with van der Waals surface area (Å²) >= 11 is 0. The van der Waals surface area contributed by atoms with Crippen LogP contribution in [0.25, 0.3) is 5.65 Å². The van der Waals surface area contributed by atoms with Crippen LogP contribution in [-0.2, 0) is 0 Å². The standard InChI is InChI=1S/C17H18N4O4/c1-4-25-16-6-5-15-19-14(10-21(15)20-16)17(22)18-11-7-12(23-2)9-13(8-11)24-3/h5-10H,4H2,1-3H3,(H,18,22). The molecule has 3 aromatic rings. The molecular formula is C17H18N4O4. The summed E-state index contributed by atoms with van der Waals surface area (Å²) in [6.45, 7) is 2.39. The van der Waals surface area contributed by atoms with E-state index < -0.39 is 0 Å². The van der Waals surface area contributed by atoms with Crippen molar-refractivity contribution in [1.82, 2.24) is 14.6 Å². The SMILES string of the molecule is CCOc1ccc2nc(C(=O)Nc3cc(OC)cc(OC)c3)cn2n1. The lowest BCUT2D eigenvalue weighted by molar-refractivity contribution is 0.102. The summed E-state index contributed by atoms with van der Waals surface area (Å²) in [5, 5.41) is 7.02. The number of benzene rings is 1. The van der Waals surface area contributed by atoms with Crippen LogP contribution >= 0.6 is 0 Å². The molecule has 0 aliphatic heterocycles. The maximum Gasteiger partial charge on any atom is 0.275 e. The van der Waals surface area contributed by atoms with Crippen LogP contribution in [0.15, 0.2) is 36.5 Å². The molecule has 2 aromatic heterocycles. The smallest absolute Gasteiger partial charge is 0.275 e. The number of nitrogens with one attached hydrogen (secondary N) is 1. The minimum absolute atomic E-state index is 0.239. The van der Waals surface area contributed by atoms with Crippen molar-refractivity contribution in [3.05, 3.63) is 42.2 Å². The average Bonchev–Trinajstić information content (AvgIpc) is 3.05. The van der Waals surface area contributed by atoms with Crippen LogP contribution < -0.4 is 19.5 Å². The van der Waals surface area contributed by atoms with Crippen LogP contribution in [0.5, 0.6) is 17.4 Å². The number of methoxy groups -OCH3 is 2. The molecule has 130 valence electrons. The zero-order chi connectivity index (χ0) is 17.8. The normalized spacial score (nSPS) is 10.5. The fourth-order valence-corrected chi connectivity index (χ4v) is 2.27. The second kappa shape index (κ2) is 7.08. The number of anilines is 1. The number of fused-ring (bicyclic) bond motifs is 1. The second-order valence-electron chi connectivity index (χ2n) is 5.09. The Kier molecular flexibility index (Phi) is 4.69. The van der Waals surface area contributed by atoms with Gasteiger partial charge in [-0.25, -0.2) is 9.50 Å². The van der Waals surface area contributed by atoms with E-state index in [1.54, 1.807) is 50.7 Å². The van der Waals surface area contributed by atoms with Gasteiger partial charge in [-0.05, 0) is 13.0 Å². The van der Waals surface area contributed by atoms with Crippen LogP contribution in [0.1, 0.15) is 17.4 Å². The van der Waals surface area contributed by atoms with Crippen LogP contribution in [-0.4, -0.2) is 41.3 Å². The number of nitrogens with zero attached hydrogens (tertiary/aromatic N) is 3. The molecule has 8 heteroatoms. The molecule has 25 heavy (non-hydrogen) atoms. The fourth-order valence-electron chi connectivity index (χ4n) is 2.27. The van der Waals surface area contributed by atoms with Gasteiger partial charge in [0.15, 0.2) is 5.65 Å². The van der Waals surface area contributed by atoms with Crippen molar-refractivity contribution in [2.75, 3.05) is 26.1 Å². The van der Waals surface area contributed by atoms with Crippen LogP contribution in [0.3, 0.4) is 0 Å². The zero-order valence-electron chi connectivity index (χ0n) is 14.1. The number of hydrogen-bond acceptors (Lipinski definition) is 6. The summed E-state index contributed by atoms with van der Waals surface area (Å²) in [5.41, 5.74) is 1.33. The Bertz CT molecular complexity index is 885. The van der Waals surface area contributed by atoms with E-state index in [0.29, 0.717) is 35.3 Å². The Labute approximate surface area is 144 Å². The third kappa shape index (κ3) is 3.63. The van der Waals surface area contributed by atoms with Crippen LogP contribution in [0.2, 0.25) is 0 Å². The Morgan fingerprint density at radius 1 is 1.16 bits per heavy atom. The Hall–Kier alpha value is -3.29. The lowest BCUT2D eigenvalue weighted by atomic mass is 10.2. The molecule has 8 nitrogen and oxygen atoms in total. The van der Waals surface area contributed by atoms with Gasteiger partial charge >= 0.3 is 0 Å². The number of ether oxygens (including phenoxy) is 3. The molecule has 0 saturated carbocycles. The van der Waals surface area contributed by atoms with Gasteiger partial charge in [-0.2, -0.15) is 0 Å². The molecule has 0 saturated heterocycles. The predicted octanol–water partition coefficient (Wildman–Crippen LogP) is 2.40. The second-order valence-corrected chi connectivity index (χ2v) is 5.09. The highest BCUT2D eigenvalue weighted by Gasteiger charge is 2.13. The molecule has 1 amide bonds. The topological polar surface area (TPSA) is 87.0 Å². The van der Waals surface area contributed by atoms with E-state index in [0.717, 1.165) is 0 Å². The van der Waals surface area contributed by atoms with E-state index in [1.165, 1.54) is 4.52 Å².